The van der Waals surface area contributed by atoms with E-state index in [0.717, 1.165) is 17.1 Å². The van der Waals surface area contributed by atoms with E-state index in [2.05, 4.69) is 38.1 Å². The van der Waals surface area contributed by atoms with Crippen molar-refractivity contribution in [3.8, 4) is 5.75 Å². The molecule has 0 spiro atoms. The average molecular weight is 416 g/mol. The Bertz CT molecular complexity index is 1160. The van der Waals surface area contributed by atoms with Gasteiger partial charge in [-0.05, 0) is 35.4 Å². The third-order valence-electron chi connectivity index (χ3n) is 4.84. The maximum atomic E-state index is 12.3. The summed E-state index contributed by atoms with van der Waals surface area (Å²) >= 11 is 0. The second kappa shape index (κ2) is 9.71. The highest BCUT2D eigenvalue weighted by atomic mass is 16.5. The molecule has 0 saturated heterocycles. The number of ether oxygens (including phenoxy) is 1. The molecule has 0 saturated carbocycles. The molecule has 31 heavy (non-hydrogen) atoms. The summed E-state index contributed by atoms with van der Waals surface area (Å²) in [5.74, 6) is 2.08. The van der Waals surface area contributed by atoms with E-state index in [1.54, 1.807) is 11.6 Å². The maximum absolute atomic E-state index is 12.3. The van der Waals surface area contributed by atoms with Crippen molar-refractivity contribution in [2.45, 2.75) is 25.9 Å². The topological polar surface area (TPSA) is 93.4 Å². The highest BCUT2D eigenvalue weighted by Gasteiger charge is 2.10. The second-order valence-electron chi connectivity index (χ2n) is 7.07. The van der Waals surface area contributed by atoms with Crippen molar-refractivity contribution in [3.63, 3.8) is 0 Å². The first kappa shape index (κ1) is 20.3. The molecule has 8 nitrogen and oxygen atoms in total. The van der Waals surface area contributed by atoms with Gasteiger partial charge in [-0.25, -0.2) is 0 Å². The van der Waals surface area contributed by atoms with E-state index >= 15 is 0 Å². The molecule has 1 amide bonds. The van der Waals surface area contributed by atoms with Crippen LogP contribution in [0.15, 0.2) is 66.7 Å². The zero-order chi connectivity index (χ0) is 21.5. The zero-order valence-corrected chi connectivity index (χ0v) is 17.3. The molecule has 0 unspecified atom stereocenters. The lowest BCUT2D eigenvalue weighted by molar-refractivity contribution is -0.121. The quantitative estimate of drug-likeness (QED) is 0.436. The Balaban J connectivity index is 1.33. The van der Waals surface area contributed by atoms with Gasteiger partial charge in [-0.15, -0.1) is 15.3 Å². The summed E-state index contributed by atoms with van der Waals surface area (Å²) < 4.78 is 6.89. The van der Waals surface area contributed by atoms with Crippen LogP contribution in [0.2, 0.25) is 0 Å². The van der Waals surface area contributed by atoms with Gasteiger partial charge in [-0.1, -0.05) is 42.5 Å². The minimum absolute atomic E-state index is 0.0575. The number of carbonyl (C=O) groups excluding carboxylic acids is 1. The summed E-state index contributed by atoms with van der Waals surface area (Å²) in [7, 11) is 1.62. The van der Waals surface area contributed by atoms with Crippen LogP contribution in [0.4, 0.5) is 5.82 Å². The standard InChI is InChI=1S/C23H24N6O2/c1-31-19-9-5-8-18(14-19)16-25-23(30)13-12-22-27-26-21-11-10-20(28-29(21)22)24-15-17-6-3-2-4-7-17/h2-11,14H,12-13,15-16H2,1H3,(H,24,28)(H,25,30). The van der Waals surface area contributed by atoms with Gasteiger partial charge in [0.05, 0.1) is 7.11 Å². The lowest BCUT2D eigenvalue weighted by Gasteiger charge is -2.07. The van der Waals surface area contributed by atoms with Crippen LogP contribution in [-0.4, -0.2) is 32.8 Å². The van der Waals surface area contributed by atoms with E-state index in [9.17, 15) is 4.79 Å². The van der Waals surface area contributed by atoms with Crippen LogP contribution >= 0.6 is 0 Å². The fourth-order valence-electron chi connectivity index (χ4n) is 3.17. The third-order valence-corrected chi connectivity index (χ3v) is 4.84. The molecule has 2 aromatic carbocycles. The number of amides is 1. The molecule has 0 atom stereocenters. The molecule has 0 aliphatic rings. The first-order valence-corrected chi connectivity index (χ1v) is 10.1. The monoisotopic (exact) mass is 416 g/mol. The fourth-order valence-corrected chi connectivity index (χ4v) is 3.17. The molecule has 4 aromatic rings. The first-order valence-electron chi connectivity index (χ1n) is 10.1. The van der Waals surface area contributed by atoms with E-state index < -0.39 is 0 Å². The zero-order valence-electron chi connectivity index (χ0n) is 17.3. The lowest BCUT2D eigenvalue weighted by atomic mass is 10.2. The number of hydrogen-bond donors (Lipinski definition) is 2. The molecule has 0 radical (unpaired) electrons. The Hall–Kier alpha value is -3.94. The third kappa shape index (κ3) is 5.36. The second-order valence-corrected chi connectivity index (χ2v) is 7.07. The predicted octanol–water partition coefficient (Wildman–Crippen LogP) is 2.99. The molecule has 0 fully saturated rings. The summed E-state index contributed by atoms with van der Waals surface area (Å²) in [6, 6.07) is 21.5. The number of nitrogens with zero attached hydrogens (tertiary/aromatic N) is 4. The number of carbonyl (C=O) groups is 1. The molecule has 8 heteroatoms. The Labute approximate surface area is 180 Å². The van der Waals surface area contributed by atoms with Gasteiger partial charge in [0, 0.05) is 25.9 Å². The SMILES string of the molecule is COc1cccc(CNC(=O)CCc2nnc3ccc(NCc4ccccc4)nn23)c1. The number of methoxy groups -OCH3 is 1. The number of aryl methyl sites for hydroxylation is 1. The molecular weight excluding hydrogens is 392 g/mol. The van der Waals surface area contributed by atoms with E-state index in [4.69, 9.17) is 4.74 Å². The fraction of sp³-hybridized carbons (Fsp3) is 0.217. The Morgan fingerprint density at radius 2 is 1.81 bits per heavy atom. The van der Waals surface area contributed by atoms with Crippen molar-refractivity contribution in [1.29, 1.82) is 0 Å². The minimum atomic E-state index is -0.0575. The van der Waals surface area contributed by atoms with Gasteiger partial charge >= 0.3 is 0 Å². The molecular formula is C23H24N6O2. The van der Waals surface area contributed by atoms with Crippen LogP contribution in [0.5, 0.6) is 5.75 Å². The lowest BCUT2D eigenvalue weighted by Crippen LogP contribution is -2.23. The minimum Gasteiger partial charge on any atom is -0.497 e. The Kier molecular flexibility index (Phi) is 6.37. The summed E-state index contributed by atoms with van der Waals surface area (Å²) in [5.41, 5.74) is 2.80. The van der Waals surface area contributed by atoms with Crippen LogP contribution in [0, 0.1) is 0 Å². The molecule has 158 valence electrons. The molecule has 4 rings (SSSR count). The van der Waals surface area contributed by atoms with Gasteiger partial charge in [0.2, 0.25) is 5.91 Å². The smallest absolute Gasteiger partial charge is 0.220 e. The number of benzene rings is 2. The van der Waals surface area contributed by atoms with Crippen LogP contribution in [-0.2, 0) is 24.3 Å². The molecule has 2 heterocycles. The number of anilines is 1. The summed E-state index contributed by atoms with van der Waals surface area (Å²) in [5, 5.41) is 19.1. The number of fused-ring (bicyclic) bond motifs is 1. The molecule has 0 aliphatic carbocycles. The van der Waals surface area contributed by atoms with Crippen molar-refractivity contribution in [3.05, 3.63) is 83.7 Å². The van der Waals surface area contributed by atoms with Gasteiger partial charge in [-0.2, -0.15) is 4.52 Å². The number of nitrogens with one attached hydrogen (secondary N) is 2. The predicted molar refractivity (Wildman–Crippen MR) is 118 cm³/mol. The molecule has 2 N–H and O–H groups in total. The summed E-state index contributed by atoms with van der Waals surface area (Å²) in [6.07, 6.45) is 0.744. The summed E-state index contributed by atoms with van der Waals surface area (Å²) in [4.78, 5) is 12.3. The number of hydrogen-bond acceptors (Lipinski definition) is 6. The summed E-state index contributed by atoms with van der Waals surface area (Å²) in [6.45, 7) is 1.12. The molecule has 0 bridgehead atoms. The van der Waals surface area contributed by atoms with E-state index in [-0.39, 0.29) is 5.91 Å². The molecule has 2 aromatic heterocycles. The molecule has 0 aliphatic heterocycles. The van der Waals surface area contributed by atoms with Crippen LogP contribution < -0.4 is 15.4 Å². The van der Waals surface area contributed by atoms with Crippen LogP contribution in [0.25, 0.3) is 5.65 Å². The van der Waals surface area contributed by atoms with E-state index in [1.165, 1.54) is 5.56 Å². The van der Waals surface area contributed by atoms with Crippen molar-refractivity contribution in [2.24, 2.45) is 0 Å². The van der Waals surface area contributed by atoms with Crippen molar-refractivity contribution >= 4 is 17.4 Å². The first-order chi connectivity index (χ1) is 15.2. The largest absolute Gasteiger partial charge is 0.497 e. The maximum Gasteiger partial charge on any atom is 0.220 e. The van der Waals surface area contributed by atoms with Gasteiger partial charge < -0.3 is 15.4 Å². The Morgan fingerprint density at radius 1 is 0.968 bits per heavy atom. The van der Waals surface area contributed by atoms with Crippen LogP contribution in [0.1, 0.15) is 23.4 Å². The van der Waals surface area contributed by atoms with Gasteiger partial charge in [0.25, 0.3) is 0 Å². The van der Waals surface area contributed by atoms with Crippen LogP contribution in [0.3, 0.4) is 0 Å². The van der Waals surface area contributed by atoms with Gasteiger partial charge in [-0.3, -0.25) is 4.79 Å². The highest BCUT2D eigenvalue weighted by Crippen LogP contribution is 2.13. The Morgan fingerprint density at radius 3 is 2.65 bits per heavy atom. The number of aromatic nitrogens is 4. The van der Waals surface area contributed by atoms with Crippen molar-refractivity contribution < 1.29 is 9.53 Å². The van der Waals surface area contributed by atoms with Crippen molar-refractivity contribution in [2.75, 3.05) is 12.4 Å². The average Bonchev–Trinajstić information content (AvgIpc) is 3.23. The van der Waals surface area contributed by atoms with Gasteiger partial charge in [0.15, 0.2) is 11.5 Å². The highest BCUT2D eigenvalue weighted by molar-refractivity contribution is 5.76. The van der Waals surface area contributed by atoms with E-state index in [1.807, 2.05) is 54.6 Å². The van der Waals surface area contributed by atoms with Gasteiger partial charge in [0.1, 0.15) is 11.6 Å². The van der Waals surface area contributed by atoms with E-state index in [0.29, 0.717) is 37.4 Å². The number of rotatable bonds is 9. The van der Waals surface area contributed by atoms with Crippen molar-refractivity contribution in [1.82, 2.24) is 25.1 Å². The normalized spacial score (nSPS) is 10.7.